The van der Waals surface area contributed by atoms with E-state index in [4.69, 9.17) is 18.9 Å². The predicted molar refractivity (Wildman–Crippen MR) is 86.7 cm³/mol. The monoisotopic (exact) mass is 399 g/mol. The first-order valence-corrected chi connectivity index (χ1v) is 8.18. The van der Waals surface area contributed by atoms with Gasteiger partial charge in [0.1, 0.15) is 18.0 Å². The number of carbonyl (C=O) groups is 2. The van der Waals surface area contributed by atoms with Crippen molar-refractivity contribution in [3.63, 3.8) is 0 Å². The molecular formula is C16H18BrNO6. The minimum Gasteiger partial charge on any atom is -0.461 e. The molecule has 0 N–H and O–H groups in total. The normalized spacial score (nSPS) is 25.5. The summed E-state index contributed by atoms with van der Waals surface area (Å²) in [5.74, 6) is 0.525. The van der Waals surface area contributed by atoms with Gasteiger partial charge in [-0.2, -0.15) is 4.90 Å². The van der Waals surface area contributed by atoms with Crippen molar-refractivity contribution >= 4 is 28.1 Å². The van der Waals surface area contributed by atoms with Crippen molar-refractivity contribution in [2.75, 3.05) is 13.7 Å². The first-order chi connectivity index (χ1) is 11.2. The summed E-state index contributed by atoms with van der Waals surface area (Å²) in [6.45, 7) is 5.10. The van der Waals surface area contributed by atoms with Crippen molar-refractivity contribution in [1.29, 1.82) is 0 Å². The van der Waals surface area contributed by atoms with Gasteiger partial charge in [-0.1, -0.05) is 15.9 Å². The Morgan fingerprint density at radius 3 is 2.75 bits per heavy atom. The summed E-state index contributed by atoms with van der Waals surface area (Å²) in [5, 5.41) is 0. The topological polar surface area (TPSA) is 74.3 Å². The lowest BCUT2D eigenvalue weighted by atomic mass is 9.90. The second-order valence-electron chi connectivity index (χ2n) is 6.62. The molecule has 2 heterocycles. The summed E-state index contributed by atoms with van der Waals surface area (Å²) in [4.78, 5) is 25.9. The lowest BCUT2D eigenvalue weighted by Gasteiger charge is -2.34. The largest absolute Gasteiger partial charge is 0.461 e. The number of hydrogen-bond donors (Lipinski definition) is 0. The number of carbonyl (C=O) groups excluding carboxylic acids is 2. The summed E-state index contributed by atoms with van der Waals surface area (Å²) in [7, 11) is 1.45. The quantitative estimate of drug-likeness (QED) is 0.720. The lowest BCUT2D eigenvalue weighted by Crippen LogP contribution is -2.55. The fourth-order valence-electron chi connectivity index (χ4n) is 2.91. The average Bonchev–Trinajstić information content (AvgIpc) is 2.97. The fourth-order valence-corrected chi connectivity index (χ4v) is 3.27. The Bertz CT molecular complexity index is 700. The van der Waals surface area contributed by atoms with E-state index in [2.05, 4.69) is 15.9 Å². The number of ether oxygens (including phenoxy) is 4. The zero-order chi connectivity index (χ0) is 17.7. The van der Waals surface area contributed by atoms with Gasteiger partial charge in [-0.3, -0.25) is 0 Å². The number of nitrogens with zero attached hydrogens (tertiary/aromatic N) is 1. The molecule has 2 amide bonds. The number of amides is 2. The molecule has 1 spiro atoms. The van der Waals surface area contributed by atoms with Crippen molar-refractivity contribution in [1.82, 2.24) is 4.90 Å². The third kappa shape index (κ3) is 2.53. The third-order valence-electron chi connectivity index (χ3n) is 3.82. The van der Waals surface area contributed by atoms with Crippen molar-refractivity contribution < 1.29 is 28.5 Å². The number of methoxy groups -OCH3 is 1. The molecule has 130 valence electrons. The molecule has 0 aliphatic carbocycles. The van der Waals surface area contributed by atoms with E-state index in [0.29, 0.717) is 11.3 Å². The van der Waals surface area contributed by atoms with E-state index in [9.17, 15) is 9.59 Å². The SMILES string of the molecule is COC1Oc2ccc(Br)cc2C12COC(=O)N2C(=O)OC(C)(C)C. The first-order valence-electron chi connectivity index (χ1n) is 7.38. The highest BCUT2D eigenvalue weighted by atomic mass is 79.9. The van der Waals surface area contributed by atoms with Gasteiger partial charge in [-0.25, -0.2) is 9.59 Å². The van der Waals surface area contributed by atoms with Gasteiger partial charge in [-0.15, -0.1) is 0 Å². The molecule has 0 saturated carbocycles. The summed E-state index contributed by atoms with van der Waals surface area (Å²) < 4.78 is 22.5. The minimum absolute atomic E-state index is 0.0764. The maximum atomic E-state index is 12.7. The van der Waals surface area contributed by atoms with Crippen LogP contribution in [0, 0.1) is 0 Å². The van der Waals surface area contributed by atoms with Crippen molar-refractivity contribution in [3.8, 4) is 5.75 Å². The van der Waals surface area contributed by atoms with Crippen LogP contribution in [0.4, 0.5) is 9.59 Å². The van der Waals surface area contributed by atoms with Gasteiger partial charge in [0.2, 0.25) is 6.29 Å². The highest BCUT2D eigenvalue weighted by molar-refractivity contribution is 9.10. The molecule has 0 radical (unpaired) electrons. The highest BCUT2D eigenvalue weighted by Gasteiger charge is 2.64. The van der Waals surface area contributed by atoms with Crippen LogP contribution in [-0.2, 0) is 19.7 Å². The highest BCUT2D eigenvalue weighted by Crippen LogP contribution is 2.50. The maximum Gasteiger partial charge on any atom is 0.420 e. The zero-order valence-corrected chi connectivity index (χ0v) is 15.4. The Kier molecular flexibility index (Phi) is 4.00. The molecule has 1 fully saturated rings. The van der Waals surface area contributed by atoms with Crippen LogP contribution in [0.1, 0.15) is 26.3 Å². The van der Waals surface area contributed by atoms with Gasteiger partial charge < -0.3 is 18.9 Å². The number of fused-ring (bicyclic) bond motifs is 2. The van der Waals surface area contributed by atoms with Crippen LogP contribution in [0.25, 0.3) is 0 Å². The van der Waals surface area contributed by atoms with Crippen LogP contribution in [0.15, 0.2) is 22.7 Å². The molecule has 1 aromatic carbocycles. The van der Waals surface area contributed by atoms with Gasteiger partial charge >= 0.3 is 12.2 Å². The Morgan fingerprint density at radius 1 is 1.42 bits per heavy atom. The zero-order valence-electron chi connectivity index (χ0n) is 13.8. The van der Waals surface area contributed by atoms with Gasteiger partial charge in [0.25, 0.3) is 0 Å². The molecule has 1 aromatic rings. The van der Waals surface area contributed by atoms with Gasteiger partial charge in [-0.05, 0) is 39.0 Å². The number of imide groups is 1. The van der Waals surface area contributed by atoms with Gasteiger partial charge in [0, 0.05) is 17.1 Å². The molecule has 8 heteroatoms. The van der Waals surface area contributed by atoms with E-state index in [-0.39, 0.29) is 6.61 Å². The standard InChI is InChI=1S/C16H18BrNO6/c1-15(2,3)24-14(20)18-13(19)22-8-16(18)10-7-9(17)5-6-11(10)23-12(16)21-4/h5-7,12H,8H2,1-4H3. The second kappa shape index (κ2) is 5.63. The van der Waals surface area contributed by atoms with Crippen molar-refractivity contribution in [2.24, 2.45) is 0 Å². The molecule has 7 nitrogen and oxygen atoms in total. The van der Waals surface area contributed by atoms with E-state index < -0.39 is 29.6 Å². The van der Waals surface area contributed by atoms with E-state index in [1.165, 1.54) is 7.11 Å². The lowest BCUT2D eigenvalue weighted by molar-refractivity contribution is -0.120. The van der Waals surface area contributed by atoms with E-state index in [1.807, 2.05) is 0 Å². The Morgan fingerprint density at radius 2 is 2.12 bits per heavy atom. The van der Waals surface area contributed by atoms with Gasteiger partial charge in [0.05, 0.1) is 0 Å². The summed E-state index contributed by atoms with van der Waals surface area (Å²) in [6, 6.07) is 5.34. The molecule has 2 aliphatic heterocycles. The summed E-state index contributed by atoms with van der Waals surface area (Å²) in [5.41, 5.74) is -1.36. The van der Waals surface area contributed by atoms with Crippen LogP contribution in [0.5, 0.6) is 5.75 Å². The second-order valence-corrected chi connectivity index (χ2v) is 7.54. The maximum absolute atomic E-state index is 12.7. The molecule has 3 rings (SSSR count). The van der Waals surface area contributed by atoms with Crippen LogP contribution >= 0.6 is 15.9 Å². The molecule has 1 saturated heterocycles. The Hall–Kier alpha value is -1.80. The van der Waals surface area contributed by atoms with E-state index in [0.717, 1.165) is 9.37 Å². The number of halogens is 1. The first kappa shape index (κ1) is 17.0. The summed E-state index contributed by atoms with van der Waals surface area (Å²) >= 11 is 3.40. The number of rotatable bonds is 1. The molecule has 0 aromatic heterocycles. The average molecular weight is 400 g/mol. The molecule has 24 heavy (non-hydrogen) atoms. The van der Waals surface area contributed by atoms with Crippen molar-refractivity contribution in [3.05, 3.63) is 28.2 Å². The number of hydrogen-bond acceptors (Lipinski definition) is 6. The predicted octanol–water partition coefficient (Wildman–Crippen LogP) is 3.40. The molecular weight excluding hydrogens is 382 g/mol. The van der Waals surface area contributed by atoms with Gasteiger partial charge in [0.15, 0.2) is 5.54 Å². The molecule has 2 aliphatic rings. The van der Waals surface area contributed by atoms with Crippen LogP contribution < -0.4 is 4.74 Å². The number of benzene rings is 1. The third-order valence-corrected chi connectivity index (χ3v) is 4.31. The van der Waals surface area contributed by atoms with Crippen LogP contribution in [-0.4, -0.2) is 42.7 Å². The molecule has 2 unspecified atom stereocenters. The Balaban J connectivity index is 2.11. The van der Waals surface area contributed by atoms with E-state index in [1.54, 1.807) is 39.0 Å². The van der Waals surface area contributed by atoms with Crippen molar-refractivity contribution in [2.45, 2.75) is 38.2 Å². The van der Waals surface area contributed by atoms with E-state index >= 15 is 0 Å². The number of cyclic esters (lactones) is 1. The molecule has 0 bridgehead atoms. The van der Waals surface area contributed by atoms with Crippen LogP contribution in [0.2, 0.25) is 0 Å². The minimum atomic E-state index is -1.23. The Labute approximate surface area is 147 Å². The molecule has 2 atom stereocenters. The van der Waals surface area contributed by atoms with Crippen LogP contribution in [0.3, 0.4) is 0 Å². The summed E-state index contributed by atoms with van der Waals surface area (Å²) in [6.07, 6.45) is -2.48. The smallest absolute Gasteiger partial charge is 0.420 e. The fraction of sp³-hybridized carbons (Fsp3) is 0.500.